The van der Waals surface area contributed by atoms with Crippen LogP contribution >= 0.6 is 0 Å². The summed E-state index contributed by atoms with van der Waals surface area (Å²) in [5.74, 6) is 1.77. The molecule has 1 aliphatic rings. The molecule has 0 aliphatic carbocycles. The molecule has 1 heterocycles. The van der Waals surface area contributed by atoms with Crippen molar-refractivity contribution in [3.05, 3.63) is 126 Å². The Morgan fingerprint density at radius 3 is 2.14 bits per heavy atom. The van der Waals surface area contributed by atoms with E-state index in [2.05, 4.69) is 23.1 Å². The second-order valence-electron chi connectivity index (χ2n) is 9.45. The molecule has 36 heavy (non-hydrogen) atoms. The van der Waals surface area contributed by atoms with Gasteiger partial charge in [-0.1, -0.05) is 66.2 Å². The molecule has 0 atom stereocenters. The molecular weight excluding hydrogens is 444 g/mol. The summed E-state index contributed by atoms with van der Waals surface area (Å²) in [6.07, 6.45) is 1.87. The normalized spacial score (nSPS) is 14.4. The number of hydrogen-bond donors (Lipinski definition) is 0. The van der Waals surface area contributed by atoms with Crippen LogP contribution in [0.4, 0.5) is 5.69 Å². The van der Waals surface area contributed by atoms with Gasteiger partial charge in [-0.25, -0.2) is 0 Å². The number of likely N-dealkylation sites (tertiary alicyclic amines) is 1. The minimum Gasteiger partial charge on any atom is -0.457 e. The summed E-state index contributed by atoms with van der Waals surface area (Å²) in [5.41, 5.74) is 4.09. The highest BCUT2D eigenvalue weighted by Gasteiger charge is 2.29. The summed E-state index contributed by atoms with van der Waals surface area (Å²) in [6.45, 7) is 4.80. The summed E-state index contributed by atoms with van der Waals surface area (Å²) >= 11 is 0. The summed E-state index contributed by atoms with van der Waals surface area (Å²) < 4.78 is 6.02. The summed E-state index contributed by atoms with van der Waals surface area (Å²) in [4.78, 5) is 18.1. The quantitative estimate of drug-likeness (QED) is 0.285. The van der Waals surface area contributed by atoms with Gasteiger partial charge >= 0.3 is 0 Å². The molecule has 0 saturated carbocycles. The molecule has 4 nitrogen and oxygen atoms in total. The number of carbonyl (C=O) groups is 1. The van der Waals surface area contributed by atoms with Crippen LogP contribution in [0.1, 0.15) is 34.3 Å². The Labute approximate surface area is 213 Å². The molecule has 0 spiro atoms. The van der Waals surface area contributed by atoms with Crippen molar-refractivity contribution in [2.24, 2.45) is 0 Å². The summed E-state index contributed by atoms with van der Waals surface area (Å²) in [7, 11) is 0. The lowest BCUT2D eigenvalue weighted by molar-refractivity contribution is 0.0958. The van der Waals surface area contributed by atoms with Gasteiger partial charge in [0.1, 0.15) is 11.5 Å². The maximum atomic E-state index is 13.6. The van der Waals surface area contributed by atoms with Crippen LogP contribution in [0, 0.1) is 6.92 Å². The van der Waals surface area contributed by atoms with Crippen LogP contribution < -0.4 is 9.64 Å². The van der Waals surface area contributed by atoms with Gasteiger partial charge in [-0.05, 0) is 73.9 Å². The van der Waals surface area contributed by atoms with Gasteiger partial charge in [0.15, 0.2) is 0 Å². The van der Waals surface area contributed by atoms with Gasteiger partial charge in [-0.2, -0.15) is 0 Å². The molecule has 4 heteroatoms. The largest absolute Gasteiger partial charge is 0.457 e. The Balaban J connectivity index is 1.25. The number of para-hydroxylation sites is 2. The van der Waals surface area contributed by atoms with Gasteiger partial charge in [-0.15, -0.1) is 0 Å². The standard InChI is InChI=1S/C32H32N2O2/c1-25-15-17-27(18-16-25)32(35)34(28-10-4-2-5-11-28)29-19-21-33(22-20-29)24-26-9-8-14-31(23-26)36-30-12-6-3-7-13-30/h2-18,23,29H,19-22,24H2,1H3. The van der Waals surface area contributed by atoms with Gasteiger partial charge in [0, 0.05) is 36.9 Å². The first-order chi connectivity index (χ1) is 17.7. The zero-order valence-electron chi connectivity index (χ0n) is 20.7. The van der Waals surface area contributed by atoms with Gasteiger partial charge in [0.25, 0.3) is 5.91 Å². The number of hydrogen-bond acceptors (Lipinski definition) is 3. The third kappa shape index (κ3) is 5.84. The van der Waals surface area contributed by atoms with Crippen LogP contribution in [0.2, 0.25) is 0 Å². The van der Waals surface area contributed by atoms with E-state index >= 15 is 0 Å². The van der Waals surface area contributed by atoms with Crippen LogP contribution in [0.5, 0.6) is 11.5 Å². The number of rotatable bonds is 7. The van der Waals surface area contributed by atoms with Crippen molar-refractivity contribution in [3.8, 4) is 11.5 Å². The second-order valence-corrected chi connectivity index (χ2v) is 9.45. The van der Waals surface area contributed by atoms with Gasteiger partial charge in [0.05, 0.1) is 0 Å². The Morgan fingerprint density at radius 1 is 0.806 bits per heavy atom. The lowest BCUT2D eigenvalue weighted by Crippen LogP contribution is -2.47. The fourth-order valence-electron chi connectivity index (χ4n) is 4.84. The van der Waals surface area contributed by atoms with Crippen molar-refractivity contribution in [2.75, 3.05) is 18.0 Å². The van der Waals surface area contributed by atoms with E-state index in [9.17, 15) is 4.79 Å². The van der Waals surface area contributed by atoms with Crippen molar-refractivity contribution < 1.29 is 9.53 Å². The molecule has 4 aromatic carbocycles. The molecule has 5 rings (SSSR count). The molecule has 0 unspecified atom stereocenters. The number of anilines is 1. The van der Waals surface area contributed by atoms with E-state index in [-0.39, 0.29) is 11.9 Å². The molecule has 0 aromatic heterocycles. The molecule has 0 N–H and O–H groups in total. The minimum absolute atomic E-state index is 0.0745. The SMILES string of the molecule is Cc1ccc(C(=O)N(c2ccccc2)C2CCN(Cc3cccc(Oc4ccccc4)c3)CC2)cc1. The number of aryl methyl sites for hydroxylation is 1. The molecule has 0 radical (unpaired) electrons. The molecule has 1 amide bonds. The van der Waals surface area contributed by atoms with E-state index in [4.69, 9.17) is 4.74 Å². The number of benzene rings is 4. The molecular formula is C32H32N2O2. The molecule has 1 aliphatic heterocycles. The molecule has 4 aromatic rings. The van der Waals surface area contributed by atoms with Crippen molar-refractivity contribution in [3.63, 3.8) is 0 Å². The number of nitrogens with zero attached hydrogens (tertiary/aromatic N) is 2. The number of ether oxygens (including phenoxy) is 1. The van der Waals surface area contributed by atoms with E-state index < -0.39 is 0 Å². The van der Waals surface area contributed by atoms with Crippen LogP contribution in [0.15, 0.2) is 109 Å². The van der Waals surface area contributed by atoms with Gasteiger partial charge in [-0.3, -0.25) is 9.69 Å². The highest BCUT2D eigenvalue weighted by Crippen LogP contribution is 2.28. The van der Waals surface area contributed by atoms with Crippen molar-refractivity contribution >= 4 is 11.6 Å². The van der Waals surface area contributed by atoms with Crippen LogP contribution in [0.3, 0.4) is 0 Å². The maximum absolute atomic E-state index is 13.6. The van der Waals surface area contributed by atoms with Crippen molar-refractivity contribution in [1.82, 2.24) is 4.90 Å². The van der Waals surface area contributed by atoms with Crippen molar-refractivity contribution in [2.45, 2.75) is 32.4 Å². The number of piperidine rings is 1. The molecule has 182 valence electrons. The van der Waals surface area contributed by atoms with Gasteiger partial charge in [0.2, 0.25) is 0 Å². The summed E-state index contributed by atoms with van der Waals surface area (Å²) in [6, 6.07) is 36.3. The topological polar surface area (TPSA) is 32.8 Å². The lowest BCUT2D eigenvalue weighted by Gasteiger charge is -2.38. The first kappa shape index (κ1) is 23.8. The fraction of sp³-hybridized carbons (Fsp3) is 0.219. The number of amides is 1. The fourth-order valence-corrected chi connectivity index (χ4v) is 4.84. The Morgan fingerprint density at radius 2 is 1.44 bits per heavy atom. The zero-order valence-corrected chi connectivity index (χ0v) is 20.7. The predicted molar refractivity (Wildman–Crippen MR) is 146 cm³/mol. The van der Waals surface area contributed by atoms with E-state index in [1.54, 1.807) is 0 Å². The second kappa shape index (κ2) is 11.2. The molecule has 1 saturated heterocycles. The first-order valence-electron chi connectivity index (χ1n) is 12.7. The third-order valence-corrected chi connectivity index (χ3v) is 6.76. The highest BCUT2D eigenvalue weighted by atomic mass is 16.5. The smallest absolute Gasteiger partial charge is 0.258 e. The van der Waals surface area contributed by atoms with E-state index in [0.29, 0.717) is 0 Å². The third-order valence-electron chi connectivity index (χ3n) is 6.76. The number of carbonyl (C=O) groups excluding carboxylic acids is 1. The molecule has 0 bridgehead atoms. The van der Waals surface area contributed by atoms with Crippen molar-refractivity contribution in [1.29, 1.82) is 0 Å². The van der Waals surface area contributed by atoms with E-state index in [1.807, 2.05) is 103 Å². The Kier molecular flexibility index (Phi) is 7.44. The van der Waals surface area contributed by atoms with Gasteiger partial charge < -0.3 is 9.64 Å². The average Bonchev–Trinajstić information content (AvgIpc) is 2.92. The predicted octanol–water partition coefficient (Wildman–Crippen LogP) is 7.10. The monoisotopic (exact) mass is 476 g/mol. The minimum atomic E-state index is 0.0745. The lowest BCUT2D eigenvalue weighted by atomic mass is 10.00. The highest BCUT2D eigenvalue weighted by molar-refractivity contribution is 6.06. The average molecular weight is 477 g/mol. The molecule has 1 fully saturated rings. The van der Waals surface area contributed by atoms with Crippen LogP contribution in [-0.4, -0.2) is 29.9 Å². The maximum Gasteiger partial charge on any atom is 0.258 e. The Hall–Kier alpha value is -3.89. The zero-order chi connectivity index (χ0) is 24.7. The van der Waals surface area contributed by atoms with E-state index in [0.717, 1.165) is 60.8 Å². The van der Waals surface area contributed by atoms with Crippen LogP contribution in [-0.2, 0) is 6.54 Å². The van der Waals surface area contributed by atoms with E-state index in [1.165, 1.54) is 5.56 Å². The Bertz CT molecular complexity index is 1260. The summed E-state index contributed by atoms with van der Waals surface area (Å²) in [5, 5.41) is 0. The first-order valence-corrected chi connectivity index (χ1v) is 12.7. The van der Waals surface area contributed by atoms with Crippen LogP contribution in [0.25, 0.3) is 0 Å².